The highest BCUT2D eigenvalue weighted by Crippen LogP contribution is 2.27. The van der Waals surface area contributed by atoms with Gasteiger partial charge in [0, 0.05) is 17.3 Å². The quantitative estimate of drug-likeness (QED) is 0.864. The van der Waals surface area contributed by atoms with Gasteiger partial charge >= 0.3 is 0 Å². The molecular weight excluding hydrogens is 230 g/mol. The number of rotatable bonds is 3. The summed E-state index contributed by atoms with van der Waals surface area (Å²) in [6, 6.07) is 8.42. The van der Waals surface area contributed by atoms with Crippen molar-refractivity contribution in [3.8, 4) is 5.75 Å². The number of thioether (sulfide) groups is 1. The van der Waals surface area contributed by atoms with Gasteiger partial charge in [-0.2, -0.15) is 11.8 Å². The van der Waals surface area contributed by atoms with Gasteiger partial charge in [-0.05, 0) is 43.2 Å². The minimum absolute atomic E-state index is 0.299. The van der Waals surface area contributed by atoms with E-state index in [9.17, 15) is 5.11 Å². The molecule has 0 amide bonds. The summed E-state index contributed by atoms with van der Waals surface area (Å²) in [4.78, 5) is 0. The third-order valence-corrected chi connectivity index (χ3v) is 4.82. The first-order chi connectivity index (χ1) is 8.16. The lowest BCUT2D eigenvalue weighted by Gasteiger charge is -2.32. The lowest BCUT2D eigenvalue weighted by Crippen LogP contribution is -2.40. The average Bonchev–Trinajstić information content (AvgIpc) is 2.32. The van der Waals surface area contributed by atoms with E-state index < -0.39 is 0 Å². The second-order valence-electron chi connectivity index (χ2n) is 4.81. The van der Waals surface area contributed by atoms with Gasteiger partial charge in [-0.1, -0.05) is 19.1 Å². The molecule has 0 spiro atoms. The van der Waals surface area contributed by atoms with E-state index >= 15 is 0 Å². The molecule has 0 bridgehead atoms. The standard InChI is InChI=1S/C14H21NOS/c1-10(12-5-3-6-13(16)9-12)15-14-7-4-8-17-11(14)2/h3,5-6,9-11,14-16H,4,7-8H2,1-2H3. The Bertz CT molecular complexity index is 369. The molecule has 2 nitrogen and oxygen atoms in total. The Balaban J connectivity index is 1.98. The van der Waals surface area contributed by atoms with Crippen molar-refractivity contribution in [3.63, 3.8) is 0 Å². The van der Waals surface area contributed by atoms with Crippen LogP contribution in [0.25, 0.3) is 0 Å². The van der Waals surface area contributed by atoms with Crippen molar-refractivity contribution >= 4 is 11.8 Å². The number of hydrogen-bond donors (Lipinski definition) is 2. The third kappa shape index (κ3) is 3.39. The largest absolute Gasteiger partial charge is 0.508 e. The van der Waals surface area contributed by atoms with E-state index in [4.69, 9.17) is 0 Å². The molecule has 2 rings (SSSR count). The number of hydrogen-bond acceptors (Lipinski definition) is 3. The lowest BCUT2D eigenvalue weighted by molar-refractivity contribution is 0.415. The zero-order valence-electron chi connectivity index (χ0n) is 10.5. The molecule has 2 N–H and O–H groups in total. The summed E-state index contributed by atoms with van der Waals surface area (Å²) in [6.07, 6.45) is 2.57. The summed E-state index contributed by atoms with van der Waals surface area (Å²) in [5.41, 5.74) is 1.16. The molecule has 3 heteroatoms. The molecule has 1 heterocycles. The molecular formula is C14H21NOS. The zero-order valence-corrected chi connectivity index (χ0v) is 11.3. The number of benzene rings is 1. The first-order valence-electron chi connectivity index (χ1n) is 6.33. The molecule has 17 heavy (non-hydrogen) atoms. The number of phenolic OH excluding ortho intramolecular Hbond substituents is 1. The van der Waals surface area contributed by atoms with Crippen LogP contribution in [-0.4, -0.2) is 22.2 Å². The van der Waals surface area contributed by atoms with Gasteiger partial charge in [-0.15, -0.1) is 0 Å². The van der Waals surface area contributed by atoms with E-state index in [-0.39, 0.29) is 0 Å². The van der Waals surface area contributed by atoms with Crippen LogP contribution in [0.2, 0.25) is 0 Å². The highest BCUT2D eigenvalue weighted by molar-refractivity contribution is 7.99. The average molecular weight is 251 g/mol. The fraction of sp³-hybridized carbons (Fsp3) is 0.571. The Morgan fingerprint density at radius 1 is 1.47 bits per heavy atom. The van der Waals surface area contributed by atoms with Gasteiger partial charge < -0.3 is 10.4 Å². The second kappa shape index (κ2) is 5.78. The van der Waals surface area contributed by atoms with Crippen LogP contribution in [0.1, 0.15) is 38.3 Å². The number of phenols is 1. The maximum absolute atomic E-state index is 9.49. The van der Waals surface area contributed by atoms with Crippen LogP contribution >= 0.6 is 11.8 Å². The fourth-order valence-electron chi connectivity index (χ4n) is 2.35. The van der Waals surface area contributed by atoms with Gasteiger partial charge in [0.05, 0.1) is 0 Å². The van der Waals surface area contributed by atoms with Crippen molar-refractivity contribution < 1.29 is 5.11 Å². The number of aromatic hydroxyl groups is 1. The maximum atomic E-state index is 9.49. The summed E-state index contributed by atoms with van der Waals surface area (Å²) in [5, 5.41) is 13.9. The Morgan fingerprint density at radius 2 is 2.29 bits per heavy atom. The summed E-state index contributed by atoms with van der Waals surface area (Å²) in [5.74, 6) is 1.64. The normalized spacial score (nSPS) is 26.7. The lowest BCUT2D eigenvalue weighted by atomic mass is 10.0. The van der Waals surface area contributed by atoms with Gasteiger partial charge in [0.25, 0.3) is 0 Å². The predicted octanol–water partition coefficient (Wildman–Crippen LogP) is 3.33. The van der Waals surface area contributed by atoms with Crippen LogP contribution in [0.3, 0.4) is 0 Å². The van der Waals surface area contributed by atoms with Crippen molar-refractivity contribution in [1.29, 1.82) is 0 Å². The molecule has 1 aliphatic heterocycles. The Morgan fingerprint density at radius 3 is 3.00 bits per heavy atom. The van der Waals surface area contributed by atoms with Crippen LogP contribution < -0.4 is 5.32 Å². The molecule has 1 aromatic rings. The zero-order chi connectivity index (χ0) is 12.3. The molecule has 1 fully saturated rings. The maximum Gasteiger partial charge on any atom is 0.115 e. The smallest absolute Gasteiger partial charge is 0.115 e. The van der Waals surface area contributed by atoms with Gasteiger partial charge in [-0.3, -0.25) is 0 Å². The van der Waals surface area contributed by atoms with Gasteiger partial charge in [0.15, 0.2) is 0 Å². The van der Waals surface area contributed by atoms with E-state index in [1.165, 1.54) is 18.6 Å². The van der Waals surface area contributed by atoms with Crippen LogP contribution in [0, 0.1) is 0 Å². The topological polar surface area (TPSA) is 32.3 Å². The van der Waals surface area contributed by atoms with Gasteiger partial charge in [-0.25, -0.2) is 0 Å². The van der Waals surface area contributed by atoms with Crippen LogP contribution in [-0.2, 0) is 0 Å². The first kappa shape index (κ1) is 12.8. The van der Waals surface area contributed by atoms with Gasteiger partial charge in [0.2, 0.25) is 0 Å². The van der Waals surface area contributed by atoms with Crippen molar-refractivity contribution in [2.75, 3.05) is 5.75 Å². The Kier molecular flexibility index (Phi) is 4.35. The summed E-state index contributed by atoms with van der Waals surface area (Å²) in [6.45, 7) is 4.47. The molecule has 0 aliphatic carbocycles. The molecule has 0 radical (unpaired) electrons. The minimum Gasteiger partial charge on any atom is -0.508 e. The van der Waals surface area contributed by atoms with Crippen LogP contribution in [0.5, 0.6) is 5.75 Å². The van der Waals surface area contributed by atoms with Crippen molar-refractivity contribution in [2.24, 2.45) is 0 Å². The van der Waals surface area contributed by atoms with Crippen molar-refractivity contribution in [3.05, 3.63) is 29.8 Å². The Labute approximate surface area is 108 Å². The highest BCUT2D eigenvalue weighted by atomic mass is 32.2. The van der Waals surface area contributed by atoms with Crippen molar-refractivity contribution in [2.45, 2.75) is 44.0 Å². The van der Waals surface area contributed by atoms with Crippen LogP contribution in [0.15, 0.2) is 24.3 Å². The first-order valence-corrected chi connectivity index (χ1v) is 7.38. The minimum atomic E-state index is 0.299. The van der Waals surface area contributed by atoms with Gasteiger partial charge in [0.1, 0.15) is 5.75 Å². The summed E-state index contributed by atoms with van der Waals surface area (Å²) >= 11 is 2.05. The molecule has 1 aliphatic rings. The molecule has 3 atom stereocenters. The molecule has 1 aromatic carbocycles. The van der Waals surface area contributed by atoms with E-state index in [2.05, 4.69) is 37.0 Å². The Hall–Kier alpha value is -0.670. The number of nitrogens with one attached hydrogen (secondary N) is 1. The predicted molar refractivity (Wildman–Crippen MR) is 74.6 cm³/mol. The molecule has 0 saturated carbocycles. The summed E-state index contributed by atoms with van der Waals surface area (Å²) in [7, 11) is 0. The van der Waals surface area contributed by atoms with E-state index in [0.29, 0.717) is 23.1 Å². The molecule has 94 valence electrons. The third-order valence-electron chi connectivity index (χ3n) is 3.44. The van der Waals surface area contributed by atoms with Crippen LogP contribution in [0.4, 0.5) is 0 Å². The van der Waals surface area contributed by atoms with E-state index in [0.717, 1.165) is 5.56 Å². The molecule has 0 aromatic heterocycles. The molecule has 3 unspecified atom stereocenters. The monoisotopic (exact) mass is 251 g/mol. The van der Waals surface area contributed by atoms with E-state index in [1.54, 1.807) is 6.07 Å². The van der Waals surface area contributed by atoms with Crippen molar-refractivity contribution in [1.82, 2.24) is 5.32 Å². The van der Waals surface area contributed by atoms with E-state index in [1.807, 2.05) is 12.1 Å². The molecule has 1 saturated heterocycles. The summed E-state index contributed by atoms with van der Waals surface area (Å²) < 4.78 is 0. The fourth-order valence-corrected chi connectivity index (χ4v) is 3.51. The second-order valence-corrected chi connectivity index (χ2v) is 6.29. The SMILES string of the molecule is CC(NC1CCCSC1C)c1cccc(O)c1. The highest BCUT2D eigenvalue weighted by Gasteiger charge is 2.23.